The minimum Gasteiger partial charge on any atom is -0.392 e. The van der Waals surface area contributed by atoms with E-state index in [0.29, 0.717) is 6.10 Å². The number of aromatic nitrogens is 1. The van der Waals surface area contributed by atoms with Crippen molar-refractivity contribution in [1.29, 1.82) is 0 Å². The number of nitrogens with zero attached hydrogens (tertiary/aromatic N) is 1. The predicted molar refractivity (Wildman–Crippen MR) is 66.8 cm³/mol. The van der Waals surface area contributed by atoms with Gasteiger partial charge in [0.25, 0.3) is 0 Å². The van der Waals surface area contributed by atoms with Crippen LogP contribution in [0.2, 0.25) is 0 Å². The Hall–Kier alpha value is -1.32. The fourth-order valence-corrected chi connectivity index (χ4v) is 2.61. The average Bonchev–Trinajstić information content (AvgIpc) is 2.98. The number of ether oxygens (including phenoxy) is 1. The molecule has 3 heteroatoms. The highest BCUT2D eigenvalue weighted by Crippen LogP contribution is 2.23. The first-order valence-electron chi connectivity index (χ1n) is 6.17. The molecule has 1 N–H and O–H groups in total. The molecule has 0 radical (unpaired) electrons. The number of fused-ring (bicyclic) bond motifs is 1. The van der Waals surface area contributed by atoms with E-state index in [1.54, 1.807) is 0 Å². The van der Waals surface area contributed by atoms with Gasteiger partial charge in [-0.1, -0.05) is 18.2 Å². The zero-order chi connectivity index (χ0) is 11.7. The molecule has 2 heterocycles. The summed E-state index contributed by atoms with van der Waals surface area (Å²) in [6, 6.07) is 8.21. The number of hydrogen-bond donors (Lipinski definition) is 1. The van der Waals surface area contributed by atoms with E-state index in [-0.39, 0.29) is 6.61 Å². The molecule has 1 atom stereocenters. The summed E-state index contributed by atoms with van der Waals surface area (Å²) in [4.78, 5) is 0. The van der Waals surface area contributed by atoms with E-state index >= 15 is 0 Å². The van der Waals surface area contributed by atoms with Gasteiger partial charge in [-0.25, -0.2) is 0 Å². The molecule has 0 spiro atoms. The Bertz CT molecular complexity index is 512. The van der Waals surface area contributed by atoms with Crippen molar-refractivity contribution in [2.24, 2.45) is 0 Å². The molecule has 1 aliphatic rings. The van der Waals surface area contributed by atoms with Crippen molar-refractivity contribution in [3.63, 3.8) is 0 Å². The van der Waals surface area contributed by atoms with Crippen molar-refractivity contribution in [2.75, 3.05) is 6.61 Å². The standard InChI is InChI=1S/C14H17NO2/c16-10-11-8-15(9-12-4-3-7-17-12)14-6-2-1-5-13(11)14/h1-2,5-6,8,12,16H,3-4,7,9-10H2. The van der Waals surface area contributed by atoms with Gasteiger partial charge in [0, 0.05) is 35.8 Å². The Balaban J connectivity index is 1.97. The molecule has 0 saturated carbocycles. The Labute approximate surface area is 101 Å². The van der Waals surface area contributed by atoms with Gasteiger partial charge < -0.3 is 14.4 Å². The summed E-state index contributed by atoms with van der Waals surface area (Å²) < 4.78 is 7.87. The Morgan fingerprint density at radius 1 is 1.35 bits per heavy atom. The van der Waals surface area contributed by atoms with E-state index in [1.165, 1.54) is 5.52 Å². The van der Waals surface area contributed by atoms with Crippen molar-refractivity contribution in [3.05, 3.63) is 36.0 Å². The summed E-state index contributed by atoms with van der Waals surface area (Å²) in [5.41, 5.74) is 2.19. The summed E-state index contributed by atoms with van der Waals surface area (Å²) in [7, 11) is 0. The fraction of sp³-hybridized carbons (Fsp3) is 0.429. The third-order valence-corrected chi connectivity index (χ3v) is 3.47. The van der Waals surface area contributed by atoms with Gasteiger partial charge in [-0.15, -0.1) is 0 Å². The topological polar surface area (TPSA) is 34.4 Å². The monoisotopic (exact) mass is 231 g/mol. The molecule has 3 nitrogen and oxygen atoms in total. The molecule has 2 aromatic rings. The number of rotatable bonds is 3. The minimum atomic E-state index is 0.0963. The molecule has 1 unspecified atom stereocenters. The van der Waals surface area contributed by atoms with E-state index in [0.717, 1.165) is 36.9 Å². The molecule has 1 aliphatic heterocycles. The van der Waals surface area contributed by atoms with E-state index in [1.807, 2.05) is 18.3 Å². The smallest absolute Gasteiger partial charge is 0.0754 e. The maximum Gasteiger partial charge on any atom is 0.0754 e. The second kappa shape index (κ2) is 4.51. The lowest BCUT2D eigenvalue weighted by Crippen LogP contribution is -2.14. The maximum atomic E-state index is 9.37. The molecule has 1 fully saturated rings. The number of para-hydroxylation sites is 1. The van der Waals surface area contributed by atoms with Gasteiger partial charge in [-0.05, 0) is 18.9 Å². The summed E-state index contributed by atoms with van der Waals surface area (Å²) >= 11 is 0. The van der Waals surface area contributed by atoms with Crippen LogP contribution in [-0.4, -0.2) is 22.4 Å². The number of benzene rings is 1. The third-order valence-electron chi connectivity index (χ3n) is 3.47. The lowest BCUT2D eigenvalue weighted by molar-refractivity contribution is 0.0979. The van der Waals surface area contributed by atoms with Crippen LogP contribution in [0.15, 0.2) is 30.5 Å². The second-order valence-electron chi connectivity index (χ2n) is 4.62. The van der Waals surface area contributed by atoms with Crippen molar-refractivity contribution in [3.8, 4) is 0 Å². The molecular formula is C14H17NO2. The molecule has 0 amide bonds. The predicted octanol–water partition coefficient (Wildman–Crippen LogP) is 2.31. The normalized spacial score (nSPS) is 20.2. The van der Waals surface area contributed by atoms with E-state index in [4.69, 9.17) is 4.74 Å². The van der Waals surface area contributed by atoms with Crippen molar-refractivity contribution in [2.45, 2.75) is 32.1 Å². The highest BCUT2D eigenvalue weighted by atomic mass is 16.5. The molecule has 3 rings (SSSR count). The number of aliphatic hydroxyl groups is 1. The summed E-state index contributed by atoms with van der Waals surface area (Å²) in [5.74, 6) is 0. The minimum absolute atomic E-state index is 0.0963. The Kier molecular flexibility index (Phi) is 2.87. The maximum absolute atomic E-state index is 9.37. The number of hydrogen-bond acceptors (Lipinski definition) is 2. The molecule has 17 heavy (non-hydrogen) atoms. The average molecular weight is 231 g/mol. The van der Waals surface area contributed by atoms with Crippen molar-refractivity contribution >= 4 is 10.9 Å². The zero-order valence-electron chi connectivity index (χ0n) is 9.80. The SMILES string of the molecule is OCc1cn(CC2CCCO2)c2ccccc12. The van der Waals surface area contributed by atoms with E-state index < -0.39 is 0 Å². The third kappa shape index (κ3) is 1.96. The van der Waals surface area contributed by atoms with Crippen LogP contribution in [0.1, 0.15) is 18.4 Å². The van der Waals surface area contributed by atoms with Crippen molar-refractivity contribution in [1.82, 2.24) is 4.57 Å². The Morgan fingerprint density at radius 3 is 3.00 bits per heavy atom. The zero-order valence-corrected chi connectivity index (χ0v) is 9.80. The van der Waals surface area contributed by atoms with Gasteiger partial charge in [-0.2, -0.15) is 0 Å². The summed E-state index contributed by atoms with van der Waals surface area (Å²) in [5, 5.41) is 10.5. The van der Waals surface area contributed by atoms with Crippen LogP contribution in [0.5, 0.6) is 0 Å². The first-order chi connectivity index (χ1) is 8.38. The highest BCUT2D eigenvalue weighted by molar-refractivity contribution is 5.83. The molecular weight excluding hydrogens is 214 g/mol. The summed E-state index contributed by atoms with van der Waals surface area (Å²) in [6.45, 7) is 1.87. The first kappa shape index (κ1) is 10.8. The van der Waals surface area contributed by atoms with Crippen LogP contribution >= 0.6 is 0 Å². The molecule has 90 valence electrons. The first-order valence-corrected chi connectivity index (χ1v) is 6.17. The van der Waals surface area contributed by atoms with Gasteiger partial charge >= 0.3 is 0 Å². The van der Waals surface area contributed by atoms with E-state index in [2.05, 4.69) is 16.7 Å². The quantitative estimate of drug-likeness (QED) is 0.879. The van der Waals surface area contributed by atoms with Crippen LogP contribution in [0, 0.1) is 0 Å². The van der Waals surface area contributed by atoms with Crippen LogP contribution in [-0.2, 0) is 17.9 Å². The fourth-order valence-electron chi connectivity index (χ4n) is 2.61. The molecule has 1 aromatic heterocycles. The van der Waals surface area contributed by atoms with Gasteiger partial charge in [-0.3, -0.25) is 0 Å². The van der Waals surface area contributed by atoms with Gasteiger partial charge in [0.15, 0.2) is 0 Å². The van der Waals surface area contributed by atoms with Crippen LogP contribution in [0.3, 0.4) is 0 Å². The largest absolute Gasteiger partial charge is 0.392 e. The highest BCUT2D eigenvalue weighted by Gasteiger charge is 2.17. The van der Waals surface area contributed by atoms with Crippen LogP contribution in [0.4, 0.5) is 0 Å². The van der Waals surface area contributed by atoms with Crippen molar-refractivity contribution < 1.29 is 9.84 Å². The lowest BCUT2D eigenvalue weighted by Gasteiger charge is -2.11. The molecule has 0 aliphatic carbocycles. The number of aliphatic hydroxyl groups excluding tert-OH is 1. The van der Waals surface area contributed by atoms with Crippen LogP contribution < -0.4 is 0 Å². The molecule has 1 saturated heterocycles. The summed E-state index contributed by atoms with van der Waals surface area (Å²) in [6.07, 6.45) is 4.68. The van der Waals surface area contributed by atoms with Crippen LogP contribution in [0.25, 0.3) is 10.9 Å². The van der Waals surface area contributed by atoms with Gasteiger partial charge in [0.1, 0.15) is 0 Å². The van der Waals surface area contributed by atoms with Gasteiger partial charge in [0.2, 0.25) is 0 Å². The van der Waals surface area contributed by atoms with E-state index in [9.17, 15) is 5.11 Å². The molecule has 0 bridgehead atoms. The molecule has 1 aromatic carbocycles. The van der Waals surface area contributed by atoms with Gasteiger partial charge in [0.05, 0.1) is 12.7 Å². The lowest BCUT2D eigenvalue weighted by atomic mass is 10.2. The Morgan fingerprint density at radius 2 is 2.24 bits per heavy atom. The second-order valence-corrected chi connectivity index (χ2v) is 4.62.